The van der Waals surface area contributed by atoms with Gasteiger partial charge < -0.3 is 4.74 Å². The van der Waals surface area contributed by atoms with Gasteiger partial charge in [-0.2, -0.15) is 0 Å². The normalized spacial score (nSPS) is 13.4. The van der Waals surface area contributed by atoms with Gasteiger partial charge in [-0.25, -0.2) is 13.1 Å². The smallest absolute Gasteiger partial charge is 0.300 e. The Morgan fingerprint density at radius 1 is 1.63 bits per heavy atom. The van der Waals surface area contributed by atoms with Gasteiger partial charge in [-0.05, 0) is 5.92 Å². The van der Waals surface area contributed by atoms with Crippen molar-refractivity contribution in [3.8, 4) is 0 Å². The molecule has 7 nitrogen and oxygen atoms in total. The highest BCUT2D eigenvalue weighted by atomic mass is 35.5. The standard InChI is InChI=1S/C9H13ClN2O5S2/c1-6(5-17-2)4-11-19(15,16)8-3-7(12(13)14)9(10)18-8/h3,6,11H,4-5H2,1-2H3. The molecule has 19 heavy (non-hydrogen) atoms. The minimum atomic E-state index is -3.78. The number of nitrogens with zero attached hydrogens (tertiary/aromatic N) is 1. The Kier molecular flexibility index (Phi) is 5.68. The van der Waals surface area contributed by atoms with Gasteiger partial charge in [0, 0.05) is 26.3 Å². The average molecular weight is 329 g/mol. The number of methoxy groups -OCH3 is 1. The summed E-state index contributed by atoms with van der Waals surface area (Å²) in [6.45, 7) is 2.41. The topological polar surface area (TPSA) is 98.5 Å². The Morgan fingerprint density at radius 3 is 2.74 bits per heavy atom. The number of sulfonamides is 1. The molecule has 1 unspecified atom stereocenters. The van der Waals surface area contributed by atoms with Crippen molar-refractivity contribution < 1.29 is 18.1 Å². The molecule has 0 saturated carbocycles. The molecule has 0 aliphatic rings. The van der Waals surface area contributed by atoms with Crippen molar-refractivity contribution in [2.75, 3.05) is 20.3 Å². The zero-order valence-corrected chi connectivity index (χ0v) is 12.6. The molecular formula is C9H13ClN2O5S2. The molecule has 1 aromatic heterocycles. The molecule has 0 bridgehead atoms. The van der Waals surface area contributed by atoms with E-state index >= 15 is 0 Å². The van der Waals surface area contributed by atoms with Gasteiger partial charge in [-0.3, -0.25) is 10.1 Å². The van der Waals surface area contributed by atoms with E-state index in [2.05, 4.69) is 4.72 Å². The van der Waals surface area contributed by atoms with Crippen molar-refractivity contribution in [2.45, 2.75) is 11.1 Å². The summed E-state index contributed by atoms with van der Waals surface area (Å²) in [6.07, 6.45) is 0. The van der Waals surface area contributed by atoms with Crippen LogP contribution in [-0.4, -0.2) is 33.6 Å². The zero-order chi connectivity index (χ0) is 14.6. The van der Waals surface area contributed by atoms with Gasteiger partial charge in [0.1, 0.15) is 4.21 Å². The Labute approximate surface area is 119 Å². The second-order valence-electron chi connectivity index (χ2n) is 3.89. The first-order chi connectivity index (χ1) is 8.77. The van der Waals surface area contributed by atoms with E-state index in [4.69, 9.17) is 16.3 Å². The van der Waals surface area contributed by atoms with Crippen LogP contribution in [0, 0.1) is 16.0 Å². The van der Waals surface area contributed by atoms with Gasteiger partial charge in [0.15, 0.2) is 4.34 Å². The summed E-state index contributed by atoms with van der Waals surface area (Å²) in [5.74, 6) is -0.00908. The molecule has 0 amide bonds. The average Bonchev–Trinajstić information content (AvgIpc) is 2.70. The van der Waals surface area contributed by atoms with Crippen LogP contribution in [0.1, 0.15) is 6.92 Å². The number of thiophene rings is 1. The van der Waals surface area contributed by atoms with E-state index in [0.717, 1.165) is 6.07 Å². The Balaban J connectivity index is 2.83. The number of nitro groups is 1. The van der Waals surface area contributed by atoms with Gasteiger partial charge in [-0.15, -0.1) is 11.3 Å². The molecule has 0 aliphatic heterocycles. The van der Waals surface area contributed by atoms with Crippen LogP contribution in [-0.2, 0) is 14.8 Å². The van der Waals surface area contributed by atoms with Crippen molar-refractivity contribution in [3.63, 3.8) is 0 Å². The summed E-state index contributed by atoms with van der Waals surface area (Å²) in [7, 11) is -2.26. The third kappa shape index (κ3) is 4.39. The van der Waals surface area contributed by atoms with E-state index < -0.39 is 20.6 Å². The predicted molar refractivity (Wildman–Crippen MR) is 72.2 cm³/mol. The molecule has 1 heterocycles. The predicted octanol–water partition coefficient (Wildman–Crippen LogP) is 1.87. The van der Waals surface area contributed by atoms with Crippen molar-refractivity contribution in [2.24, 2.45) is 5.92 Å². The Hall–Kier alpha value is -0.740. The molecule has 0 spiro atoms. The number of hydrogen-bond acceptors (Lipinski definition) is 6. The van der Waals surface area contributed by atoms with Crippen molar-refractivity contribution in [1.29, 1.82) is 0 Å². The monoisotopic (exact) mass is 328 g/mol. The maximum absolute atomic E-state index is 11.9. The highest BCUT2D eigenvalue weighted by Crippen LogP contribution is 2.36. The summed E-state index contributed by atoms with van der Waals surface area (Å²) in [4.78, 5) is 9.89. The first-order valence-electron chi connectivity index (χ1n) is 5.20. The van der Waals surface area contributed by atoms with Crippen LogP contribution >= 0.6 is 22.9 Å². The minimum Gasteiger partial charge on any atom is -0.384 e. The number of nitrogens with one attached hydrogen (secondary N) is 1. The molecule has 0 saturated heterocycles. The van der Waals surface area contributed by atoms with Crippen molar-refractivity contribution in [1.82, 2.24) is 4.72 Å². The molecule has 0 radical (unpaired) electrons. The first-order valence-corrected chi connectivity index (χ1v) is 7.88. The zero-order valence-electron chi connectivity index (χ0n) is 10.3. The third-order valence-corrected chi connectivity index (χ3v) is 5.42. The van der Waals surface area contributed by atoms with E-state index in [-0.39, 0.29) is 21.0 Å². The molecule has 1 atom stereocenters. The molecular weight excluding hydrogens is 316 g/mol. The van der Waals surface area contributed by atoms with Gasteiger partial charge in [0.2, 0.25) is 10.0 Å². The van der Waals surface area contributed by atoms with Crippen LogP contribution in [0.25, 0.3) is 0 Å². The largest absolute Gasteiger partial charge is 0.384 e. The van der Waals surface area contributed by atoms with E-state index in [0.29, 0.717) is 17.9 Å². The lowest BCUT2D eigenvalue weighted by Crippen LogP contribution is -2.29. The maximum Gasteiger partial charge on any atom is 0.300 e. The van der Waals surface area contributed by atoms with Crippen LogP contribution in [0.3, 0.4) is 0 Å². The van der Waals surface area contributed by atoms with Crippen LogP contribution in [0.5, 0.6) is 0 Å². The molecule has 10 heteroatoms. The van der Waals surface area contributed by atoms with E-state index in [9.17, 15) is 18.5 Å². The van der Waals surface area contributed by atoms with E-state index in [1.54, 1.807) is 0 Å². The van der Waals surface area contributed by atoms with Crippen molar-refractivity contribution in [3.05, 3.63) is 20.5 Å². The lowest BCUT2D eigenvalue weighted by Gasteiger charge is -2.10. The Bertz CT molecular complexity index is 557. The van der Waals surface area contributed by atoms with Crippen LogP contribution in [0.2, 0.25) is 4.34 Å². The molecule has 0 fully saturated rings. The number of halogens is 1. The maximum atomic E-state index is 11.9. The molecule has 1 N–H and O–H groups in total. The SMILES string of the molecule is COCC(C)CNS(=O)(=O)c1cc([N+](=O)[O-])c(Cl)s1. The van der Waals surface area contributed by atoms with Crippen LogP contribution in [0.15, 0.2) is 10.3 Å². The van der Waals surface area contributed by atoms with E-state index in [1.807, 2.05) is 6.92 Å². The molecule has 108 valence electrons. The fraction of sp³-hybridized carbons (Fsp3) is 0.556. The molecule has 0 aromatic carbocycles. The summed E-state index contributed by atoms with van der Waals surface area (Å²) in [6, 6.07) is 0.955. The number of ether oxygens (including phenoxy) is 1. The summed E-state index contributed by atoms with van der Waals surface area (Å²) >= 11 is 6.28. The highest BCUT2D eigenvalue weighted by molar-refractivity contribution is 7.91. The first kappa shape index (κ1) is 16.3. The highest BCUT2D eigenvalue weighted by Gasteiger charge is 2.25. The van der Waals surface area contributed by atoms with Gasteiger partial charge in [0.05, 0.1) is 4.92 Å². The number of rotatable bonds is 7. The Morgan fingerprint density at radius 2 is 2.26 bits per heavy atom. The molecule has 0 aliphatic carbocycles. The van der Waals surface area contributed by atoms with Crippen LogP contribution < -0.4 is 4.72 Å². The van der Waals surface area contributed by atoms with Crippen LogP contribution in [0.4, 0.5) is 5.69 Å². The summed E-state index contributed by atoms with van der Waals surface area (Å²) in [5.41, 5.74) is -0.406. The fourth-order valence-electron chi connectivity index (χ4n) is 1.26. The van der Waals surface area contributed by atoms with Gasteiger partial charge in [0.25, 0.3) is 5.69 Å². The number of hydrogen-bond donors (Lipinski definition) is 1. The summed E-state index contributed by atoms with van der Waals surface area (Å²) < 4.78 is 30.7. The van der Waals surface area contributed by atoms with Crippen molar-refractivity contribution >= 4 is 38.6 Å². The van der Waals surface area contributed by atoms with Gasteiger partial charge in [-0.1, -0.05) is 18.5 Å². The quantitative estimate of drug-likeness (QED) is 0.608. The molecule has 1 rings (SSSR count). The second kappa shape index (κ2) is 6.62. The lowest BCUT2D eigenvalue weighted by atomic mass is 10.2. The molecule has 1 aromatic rings. The minimum absolute atomic E-state index is 0.00908. The summed E-state index contributed by atoms with van der Waals surface area (Å²) in [5, 5.41) is 10.6. The third-order valence-electron chi connectivity index (χ3n) is 2.18. The lowest BCUT2D eigenvalue weighted by molar-refractivity contribution is -0.384. The second-order valence-corrected chi connectivity index (χ2v) is 7.54. The van der Waals surface area contributed by atoms with Gasteiger partial charge >= 0.3 is 0 Å². The van der Waals surface area contributed by atoms with E-state index in [1.165, 1.54) is 7.11 Å². The fourth-order valence-corrected chi connectivity index (χ4v) is 4.14.